The summed E-state index contributed by atoms with van der Waals surface area (Å²) in [5.41, 5.74) is 0.352. The van der Waals surface area contributed by atoms with Crippen LogP contribution in [0.4, 0.5) is 4.79 Å². The molecule has 0 aromatic heterocycles. The first-order valence-electron chi connectivity index (χ1n) is 7.42. The van der Waals surface area contributed by atoms with Crippen molar-refractivity contribution in [2.45, 2.75) is 24.9 Å². The normalized spacial score (nSPS) is 26.0. The van der Waals surface area contributed by atoms with Crippen molar-refractivity contribution >= 4 is 37.9 Å². The number of hydrogen-bond acceptors (Lipinski definition) is 5. The Morgan fingerprint density at radius 3 is 2.67 bits per heavy atom. The highest BCUT2D eigenvalue weighted by Gasteiger charge is 2.54. The summed E-state index contributed by atoms with van der Waals surface area (Å²) >= 11 is 7.16. The molecule has 0 unspecified atom stereocenters. The first kappa shape index (κ1) is 17.8. The first-order chi connectivity index (χ1) is 11.5. The summed E-state index contributed by atoms with van der Waals surface area (Å²) in [6.45, 7) is 1.42. The lowest BCUT2D eigenvalue weighted by Gasteiger charge is -2.29. The molecular weight excluding hydrogens is 446 g/mol. The van der Waals surface area contributed by atoms with Gasteiger partial charge in [-0.05, 0) is 43.5 Å². The van der Waals surface area contributed by atoms with E-state index in [2.05, 4.69) is 47.4 Å². The number of methoxy groups -OCH3 is 3. The molecule has 3 rings (SSSR count). The molecule has 2 heterocycles. The van der Waals surface area contributed by atoms with Crippen LogP contribution in [-0.2, 0) is 11.3 Å². The molecule has 9 heteroatoms. The first-order valence-corrected chi connectivity index (χ1v) is 9.01. The number of ether oxygens (including phenoxy) is 3. The number of carbonyl (C=O) groups is 1. The molecule has 2 atom stereocenters. The van der Waals surface area contributed by atoms with Crippen molar-refractivity contribution in [3.8, 4) is 11.5 Å². The van der Waals surface area contributed by atoms with E-state index < -0.39 is 5.72 Å². The summed E-state index contributed by atoms with van der Waals surface area (Å²) in [5.74, 6) is 1.28. The van der Waals surface area contributed by atoms with E-state index in [-0.39, 0.29) is 12.2 Å². The van der Waals surface area contributed by atoms with Crippen LogP contribution in [0.15, 0.2) is 15.0 Å². The molecule has 2 amide bonds. The van der Waals surface area contributed by atoms with Crippen LogP contribution in [0.25, 0.3) is 0 Å². The standard InChI is InChI=1S/C15H19Br2N3O4/c1-22-9-6-8(10(16)11(17)12(9)23-2)7-20-5-4-15(24-3)13(20)18-14(21)19-15/h6,13H,4-5,7H2,1-3H3,(H2,18,19,21)/t13-,15-/m1/s1. The average molecular weight is 465 g/mol. The lowest BCUT2D eigenvalue weighted by Crippen LogP contribution is -2.51. The minimum Gasteiger partial charge on any atom is -0.493 e. The summed E-state index contributed by atoms with van der Waals surface area (Å²) in [6, 6.07) is 1.73. The molecule has 0 radical (unpaired) electrons. The van der Waals surface area contributed by atoms with Crippen LogP contribution in [0.5, 0.6) is 11.5 Å². The number of amides is 2. The van der Waals surface area contributed by atoms with Crippen LogP contribution in [0.3, 0.4) is 0 Å². The number of urea groups is 1. The lowest BCUT2D eigenvalue weighted by atomic mass is 10.1. The molecule has 7 nitrogen and oxygen atoms in total. The molecule has 132 valence electrons. The van der Waals surface area contributed by atoms with Gasteiger partial charge in [0.05, 0.1) is 18.7 Å². The quantitative estimate of drug-likeness (QED) is 0.700. The third-order valence-corrected chi connectivity index (χ3v) is 6.73. The van der Waals surface area contributed by atoms with Crippen molar-refractivity contribution in [3.05, 3.63) is 20.6 Å². The minimum atomic E-state index is -0.669. The van der Waals surface area contributed by atoms with E-state index in [1.165, 1.54) is 0 Å². The van der Waals surface area contributed by atoms with E-state index in [0.717, 1.165) is 27.5 Å². The molecule has 0 aliphatic carbocycles. The van der Waals surface area contributed by atoms with Gasteiger partial charge in [0.2, 0.25) is 0 Å². The molecule has 0 spiro atoms. The fourth-order valence-corrected chi connectivity index (χ4v) is 4.34. The summed E-state index contributed by atoms with van der Waals surface area (Å²) < 4.78 is 18.1. The summed E-state index contributed by atoms with van der Waals surface area (Å²) in [4.78, 5) is 13.9. The Morgan fingerprint density at radius 2 is 2.04 bits per heavy atom. The second-order valence-electron chi connectivity index (χ2n) is 5.71. The molecule has 24 heavy (non-hydrogen) atoms. The molecule has 0 saturated carbocycles. The van der Waals surface area contributed by atoms with Gasteiger partial charge >= 0.3 is 6.03 Å². The fraction of sp³-hybridized carbons (Fsp3) is 0.533. The Bertz CT molecular complexity index is 673. The van der Waals surface area contributed by atoms with Gasteiger partial charge in [0, 0.05) is 31.1 Å². The maximum atomic E-state index is 11.7. The van der Waals surface area contributed by atoms with Gasteiger partial charge < -0.3 is 24.8 Å². The molecule has 1 aromatic carbocycles. The summed E-state index contributed by atoms with van der Waals surface area (Å²) in [6.07, 6.45) is 0.507. The molecule has 2 fully saturated rings. The SMILES string of the molecule is COc1cc(CN2CC[C@]3(OC)NC(=O)N[C@H]23)c(Br)c(Br)c1OC. The third kappa shape index (κ3) is 2.77. The van der Waals surface area contributed by atoms with E-state index in [1.807, 2.05) is 6.07 Å². The smallest absolute Gasteiger partial charge is 0.318 e. The number of rotatable bonds is 5. The van der Waals surface area contributed by atoms with Crippen molar-refractivity contribution in [1.29, 1.82) is 0 Å². The van der Waals surface area contributed by atoms with Gasteiger partial charge in [0.25, 0.3) is 0 Å². The monoisotopic (exact) mass is 463 g/mol. The molecule has 0 bridgehead atoms. The Balaban J connectivity index is 1.89. The van der Waals surface area contributed by atoms with Crippen LogP contribution in [-0.4, -0.2) is 50.7 Å². The number of carbonyl (C=O) groups excluding carboxylic acids is 1. The van der Waals surface area contributed by atoms with E-state index >= 15 is 0 Å². The number of likely N-dealkylation sites (tertiary alicyclic amines) is 1. The van der Waals surface area contributed by atoms with Crippen LogP contribution in [0.2, 0.25) is 0 Å². The van der Waals surface area contributed by atoms with Crippen LogP contribution < -0.4 is 20.1 Å². The second-order valence-corrected chi connectivity index (χ2v) is 7.30. The highest BCUT2D eigenvalue weighted by atomic mass is 79.9. The molecule has 2 aliphatic rings. The highest BCUT2D eigenvalue weighted by Crippen LogP contribution is 2.43. The Kier molecular flexibility index (Phi) is 4.96. The summed E-state index contributed by atoms with van der Waals surface area (Å²) in [7, 11) is 4.82. The Labute approximate surface area is 157 Å². The zero-order valence-corrected chi connectivity index (χ0v) is 16.8. The number of hydrogen-bond donors (Lipinski definition) is 2. The lowest BCUT2D eigenvalue weighted by molar-refractivity contribution is -0.0407. The number of nitrogens with zero attached hydrogens (tertiary/aromatic N) is 1. The Morgan fingerprint density at radius 1 is 1.29 bits per heavy atom. The van der Waals surface area contributed by atoms with E-state index in [1.54, 1.807) is 21.3 Å². The predicted octanol–water partition coefficient (Wildman–Crippen LogP) is 2.42. The van der Waals surface area contributed by atoms with Crippen molar-refractivity contribution < 1.29 is 19.0 Å². The van der Waals surface area contributed by atoms with Gasteiger partial charge in [-0.3, -0.25) is 4.90 Å². The third-order valence-electron chi connectivity index (χ3n) is 4.54. The molecule has 1 aromatic rings. The topological polar surface area (TPSA) is 72.1 Å². The molecular formula is C15H19Br2N3O4. The van der Waals surface area contributed by atoms with Crippen LogP contribution >= 0.6 is 31.9 Å². The van der Waals surface area contributed by atoms with E-state index in [0.29, 0.717) is 18.0 Å². The van der Waals surface area contributed by atoms with Crippen LogP contribution in [0, 0.1) is 0 Å². The zero-order valence-electron chi connectivity index (χ0n) is 13.6. The number of nitrogens with one attached hydrogen (secondary N) is 2. The second kappa shape index (κ2) is 6.70. The molecule has 2 N–H and O–H groups in total. The molecule has 2 saturated heterocycles. The van der Waals surface area contributed by atoms with Gasteiger partial charge in [-0.15, -0.1) is 0 Å². The van der Waals surface area contributed by atoms with E-state index in [9.17, 15) is 4.79 Å². The highest BCUT2D eigenvalue weighted by molar-refractivity contribution is 9.13. The maximum Gasteiger partial charge on any atom is 0.318 e. The largest absolute Gasteiger partial charge is 0.493 e. The molecule has 2 aliphatic heterocycles. The van der Waals surface area contributed by atoms with Crippen molar-refractivity contribution in [3.63, 3.8) is 0 Å². The van der Waals surface area contributed by atoms with E-state index in [4.69, 9.17) is 14.2 Å². The van der Waals surface area contributed by atoms with Gasteiger partial charge in [-0.1, -0.05) is 0 Å². The van der Waals surface area contributed by atoms with Gasteiger partial charge in [-0.25, -0.2) is 4.79 Å². The van der Waals surface area contributed by atoms with Crippen molar-refractivity contribution in [1.82, 2.24) is 15.5 Å². The fourth-order valence-electron chi connectivity index (χ4n) is 3.31. The summed E-state index contributed by atoms with van der Waals surface area (Å²) in [5, 5.41) is 5.81. The number of benzene rings is 1. The van der Waals surface area contributed by atoms with Crippen LogP contribution in [0.1, 0.15) is 12.0 Å². The van der Waals surface area contributed by atoms with Gasteiger partial charge in [-0.2, -0.15) is 0 Å². The zero-order chi connectivity index (χ0) is 17.5. The number of halogens is 2. The van der Waals surface area contributed by atoms with Crippen molar-refractivity contribution in [2.75, 3.05) is 27.9 Å². The maximum absolute atomic E-state index is 11.7. The van der Waals surface area contributed by atoms with Crippen molar-refractivity contribution in [2.24, 2.45) is 0 Å². The Hall–Kier alpha value is -1.03. The van der Waals surface area contributed by atoms with Gasteiger partial charge in [0.1, 0.15) is 6.17 Å². The number of fused-ring (bicyclic) bond motifs is 1. The predicted molar refractivity (Wildman–Crippen MR) is 95.2 cm³/mol. The van der Waals surface area contributed by atoms with Gasteiger partial charge in [0.15, 0.2) is 17.2 Å². The minimum absolute atomic E-state index is 0.209. The average Bonchev–Trinajstić information content (AvgIpc) is 3.07.